The molecule has 0 atom stereocenters. The lowest BCUT2D eigenvalue weighted by molar-refractivity contribution is 0.303. The predicted octanol–water partition coefficient (Wildman–Crippen LogP) is 1.53. The van der Waals surface area contributed by atoms with Crippen molar-refractivity contribution < 1.29 is 0 Å². The number of rotatable bonds is 6. The van der Waals surface area contributed by atoms with Gasteiger partial charge in [-0.1, -0.05) is 6.92 Å². The zero-order chi connectivity index (χ0) is 9.23. The SMILES string of the molecule is CCCN(CC#N)CCCC#N. The van der Waals surface area contributed by atoms with Crippen LogP contribution in [0.25, 0.3) is 0 Å². The topological polar surface area (TPSA) is 50.8 Å². The van der Waals surface area contributed by atoms with E-state index in [1.807, 2.05) is 0 Å². The van der Waals surface area contributed by atoms with Crippen LogP contribution in [0.1, 0.15) is 26.2 Å². The molecule has 0 N–H and O–H groups in total. The number of hydrogen-bond donors (Lipinski definition) is 0. The van der Waals surface area contributed by atoms with E-state index in [1.54, 1.807) is 0 Å². The van der Waals surface area contributed by atoms with Crippen molar-refractivity contribution in [3.05, 3.63) is 0 Å². The molecule has 0 saturated heterocycles. The molecule has 0 aromatic rings. The maximum Gasteiger partial charge on any atom is 0.0865 e. The van der Waals surface area contributed by atoms with E-state index < -0.39 is 0 Å². The number of hydrogen-bond acceptors (Lipinski definition) is 3. The van der Waals surface area contributed by atoms with Gasteiger partial charge in [-0.25, -0.2) is 0 Å². The lowest BCUT2D eigenvalue weighted by atomic mass is 10.3. The molecule has 12 heavy (non-hydrogen) atoms. The third-order valence-corrected chi connectivity index (χ3v) is 1.60. The Balaban J connectivity index is 3.51. The molecule has 0 amide bonds. The van der Waals surface area contributed by atoms with Crippen LogP contribution in [0.15, 0.2) is 0 Å². The molecule has 0 rings (SSSR count). The molecule has 66 valence electrons. The summed E-state index contributed by atoms with van der Waals surface area (Å²) in [5.74, 6) is 0. The molecular weight excluding hydrogens is 150 g/mol. The normalized spacial score (nSPS) is 9.33. The van der Waals surface area contributed by atoms with Gasteiger partial charge >= 0.3 is 0 Å². The zero-order valence-corrected chi connectivity index (χ0v) is 7.58. The van der Waals surface area contributed by atoms with Crippen molar-refractivity contribution in [3.8, 4) is 12.1 Å². The second-order valence-corrected chi connectivity index (χ2v) is 2.70. The van der Waals surface area contributed by atoms with Gasteiger partial charge in [-0.05, 0) is 19.4 Å². The summed E-state index contributed by atoms with van der Waals surface area (Å²) in [6, 6.07) is 4.22. The molecule has 0 saturated carbocycles. The van der Waals surface area contributed by atoms with E-state index in [1.165, 1.54) is 0 Å². The minimum atomic E-state index is 0.485. The molecule has 0 bridgehead atoms. The van der Waals surface area contributed by atoms with Crippen molar-refractivity contribution in [1.82, 2.24) is 4.90 Å². The van der Waals surface area contributed by atoms with Crippen molar-refractivity contribution in [2.45, 2.75) is 26.2 Å². The van der Waals surface area contributed by atoms with E-state index in [0.717, 1.165) is 25.9 Å². The van der Waals surface area contributed by atoms with Crippen LogP contribution in [0.4, 0.5) is 0 Å². The van der Waals surface area contributed by atoms with E-state index in [2.05, 4.69) is 24.0 Å². The van der Waals surface area contributed by atoms with Gasteiger partial charge in [0.2, 0.25) is 0 Å². The van der Waals surface area contributed by atoms with Gasteiger partial charge in [-0.2, -0.15) is 10.5 Å². The number of nitrogens with zero attached hydrogens (tertiary/aromatic N) is 3. The fourth-order valence-corrected chi connectivity index (χ4v) is 1.07. The smallest absolute Gasteiger partial charge is 0.0865 e. The molecule has 0 unspecified atom stereocenters. The van der Waals surface area contributed by atoms with Gasteiger partial charge in [-0.3, -0.25) is 4.90 Å². The largest absolute Gasteiger partial charge is 0.291 e. The van der Waals surface area contributed by atoms with Crippen molar-refractivity contribution in [1.29, 1.82) is 10.5 Å². The highest BCUT2D eigenvalue weighted by molar-refractivity contribution is 4.77. The molecule has 0 aromatic carbocycles. The molecule has 0 aliphatic rings. The summed E-state index contributed by atoms with van der Waals surface area (Å²) in [6.45, 7) is 4.40. The zero-order valence-electron chi connectivity index (χ0n) is 7.58. The Labute approximate surface area is 74.2 Å². The third-order valence-electron chi connectivity index (χ3n) is 1.60. The van der Waals surface area contributed by atoms with E-state index in [-0.39, 0.29) is 0 Å². The number of nitriles is 2. The minimum absolute atomic E-state index is 0.485. The monoisotopic (exact) mass is 165 g/mol. The first-order valence-corrected chi connectivity index (χ1v) is 4.31. The molecule has 0 spiro atoms. The quantitative estimate of drug-likeness (QED) is 0.443. The molecule has 0 radical (unpaired) electrons. The number of unbranched alkanes of at least 4 members (excludes halogenated alkanes) is 1. The van der Waals surface area contributed by atoms with Crippen LogP contribution in [0.3, 0.4) is 0 Å². The Kier molecular flexibility index (Phi) is 7.33. The summed E-state index contributed by atoms with van der Waals surface area (Å²) in [4.78, 5) is 2.08. The molecular formula is C9H15N3. The summed E-state index contributed by atoms with van der Waals surface area (Å²) in [7, 11) is 0. The van der Waals surface area contributed by atoms with Crippen LogP contribution in [-0.4, -0.2) is 24.5 Å². The van der Waals surface area contributed by atoms with E-state index in [0.29, 0.717) is 13.0 Å². The lowest BCUT2D eigenvalue weighted by Gasteiger charge is -2.16. The molecule has 0 aliphatic carbocycles. The van der Waals surface area contributed by atoms with Gasteiger partial charge in [0.05, 0.1) is 18.7 Å². The van der Waals surface area contributed by atoms with Gasteiger partial charge in [0.1, 0.15) is 0 Å². The Morgan fingerprint density at radius 1 is 1.17 bits per heavy atom. The fraction of sp³-hybridized carbons (Fsp3) is 0.778. The maximum absolute atomic E-state index is 8.46. The Morgan fingerprint density at radius 2 is 1.92 bits per heavy atom. The molecule has 0 heterocycles. The second-order valence-electron chi connectivity index (χ2n) is 2.70. The first kappa shape index (κ1) is 10.9. The fourth-order valence-electron chi connectivity index (χ4n) is 1.07. The van der Waals surface area contributed by atoms with E-state index >= 15 is 0 Å². The van der Waals surface area contributed by atoms with Crippen LogP contribution >= 0.6 is 0 Å². The summed E-state index contributed by atoms with van der Waals surface area (Å²) < 4.78 is 0. The summed E-state index contributed by atoms with van der Waals surface area (Å²) in [5, 5.41) is 16.8. The van der Waals surface area contributed by atoms with Crippen LogP contribution in [0.2, 0.25) is 0 Å². The van der Waals surface area contributed by atoms with Crippen molar-refractivity contribution in [2.24, 2.45) is 0 Å². The average Bonchev–Trinajstić information content (AvgIpc) is 2.06. The van der Waals surface area contributed by atoms with Crippen molar-refractivity contribution in [3.63, 3.8) is 0 Å². The Hall–Kier alpha value is -1.06. The minimum Gasteiger partial charge on any atom is -0.291 e. The molecule has 3 nitrogen and oxygen atoms in total. The van der Waals surface area contributed by atoms with Crippen molar-refractivity contribution in [2.75, 3.05) is 19.6 Å². The average molecular weight is 165 g/mol. The predicted molar refractivity (Wildman–Crippen MR) is 47.2 cm³/mol. The standard InChI is InChI=1S/C9H15N3/c1-2-7-12(9-6-11)8-4-3-5-10/h2-4,7-9H2,1H3. The summed E-state index contributed by atoms with van der Waals surface area (Å²) >= 11 is 0. The molecule has 0 aliphatic heterocycles. The highest BCUT2D eigenvalue weighted by Crippen LogP contribution is 1.95. The Morgan fingerprint density at radius 3 is 2.42 bits per heavy atom. The maximum atomic E-state index is 8.46. The first-order chi connectivity index (χ1) is 5.85. The highest BCUT2D eigenvalue weighted by Gasteiger charge is 2.00. The van der Waals surface area contributed by atoms with Crippen LogP contribution in [0, 0.1) is 22.7 Å². The lowest BCUT2D eigenvalue weighted by Crippen LogP contribution is -2.25. The summed E-state index contributed by atoms with van der Waals surface area (Å²) in [6.07, 6.45) is 2.53. The van der Waals surface area contributed by atoms with Crippen LogP contribution < -0.4 is 0 Å². The van der Waals surface area contributed by atoms with Gasteiger partial charge in [0.15, 0.2) is 0 Å². The van der Waals surface area contributed by atoms with Gasteiger partial charge < -0.3 is 0 Å². The van der Waals surface area contributed by atoms with Gasteiger partial charge in [0, 0.05) is 13.0 Å². The van der Waals surface area contributed by atoms with Crippen LogP contribution in [-0.2, 0) is 0 Å². The van der Waals surface area contributed by atoms with Crippen LogP contribution in [0.5, 0.6) is 0 Å². The van der Waals surface area contributed by atoms with E-state index in [9.17, 15) is 0 Å². The van der Waals surface area contributed by atoms with E-state index in [4.69, 9.17) is 10.5 Å². The Bertz CT molecular complexity index is 175. The third kappa shape index (κ3) is 5.70. The van der Waals surface area contributed by atoms with Crippen molar-refractivity contribution >= 4 is 0 Å². The summed E-state index contributed by atoms with van der Waals surface area (Å²) in [5.41, 5.74) is 0. The van der Waals surface area contributed by atoms with Gasteiger partial charge in [0.25, 0.3) is 0 Å². The van der Waals surface area contributed by atoms with Gasteiger partial charge in [-0.15, -0.1) is 0 Å². The highest BCUT2D eigenvalue weighted by atomic mass is 15.1. The molecule has 3 heteroatoms. The first-order valence-electron chi connectivity index (χ1n) is 4.31. The molecule has 0 aromatic heterocycles. The second kappa shape index (κ2) is 8.04. The molecule has 0 fully saturated rings.